The van der Waals surface area contributed by atoms with E-state index in [1.165, 1.54) is 19.1 Å². The molecule has 2 aliphatic heterocycles. The number of amides is 4. The lowest BCUT2D eigenvalue weighted by Gasteiger charge is -2.50. The fourth-order valence-corrected chi connectivity index (χ4v) is 9.67. The molecule has 2 saturated heterocycles. The van der Waals surface area contributed by atoms with Crippen molar-refractivity contribution in [1.82, 2.24) is 4.90 Å². The van der Waals surface area contributed by atoms with Crippen LogP contribution < -0.4 is 19.1 Å². The lowest BCUT2D eigenvalue weighted by Crippen LogP contribution is -2.60. The van der Waals surface area contributed by atoms with E-state index in [1.807, 2.05) is 36.4 Å². The maximum absolute atomic E-state index is 14.4. The number of phenolic OH excluding ortho intramolecular Hbond substituents is 1. The van der Waals surface area contributed by atoms with Crippen LogP contribution in [0.3, 0.4) is 0 Å². The van der Waals surface area contributed by atoms with Crippen LogP contribution >= 0.6 is 39.1 Å². The predicted octanol–water partition coefficient (Wildman–Crippen LogP) is 6.54. The molecular weight excluding hydrogens is 763 g/mol. The predicted molar refractivity (Wildman–Crippen MR) is 195 cm³/mol. The molecule has 0 spiro atoms. The van der Waals surface area contributed by atoms with Gasteiger partial charge >= 0.3 is 0 Å². The Morgan fingerprint density at radius 3 is 2.24 bits per heavy atom. The number of hydrogen-bond acceptors (Lipinski definition) is 8. The number of halogens is 3. The number of carbonyl (C=O) groups excluding carboxylic acids is 4. The molecule has 4 amide bonds. The molecule has 0 radical (unpaired) electrons. The number of methoxy groups -OCH3 is 3. The summed E-state index contributed by atoms with van der Waals surface area (Å²) in [4.78, 5) is 54.1. The van der Waals surface area contributed by atoms with E-state index in [4.69, 9.17) is 37.4 Å². The van der Waals surface area contributed by atoms with Gasteiger partial charge in [-0.15, -0.1) is 23.2 Å². The first kappa shape index (κ1) is 35.1. The maximum Gasteiger partial charge on any atom is 0.253 e. The zero-order chi connectivity index (χ0) is 36.6. The van der Waals surface area contributed by atoms with E-state index in [-0.39, 0.29) is 35.8 Å². The highest BCUT2D eigenvalue weighted by atomic mass is 79.9. The quantitative estimate of drug-likeness (QED) is 0.124. The van der Waals surface area contributed by atoms with Crippen LogP contribution in [-0.4, -0.2) is 71.8 Å². The number of hydrogen-bond donors (Lipinski definition) is 1. The molecule has 0 aromatic heterocycles. The molecule has 1 N–H and O–H groups in total. The van der Waals surface area contributed by atoms with Crippen LogP contribution in [0.5, 0.6) is 23.0 Å². The number of nitrogens with zero attached hydrogens (tertiary/aromatic N) is 2. The van der Waals surface area contributed by atoms with Crippen molar-refractivity contribution in [2.45, 2.75) is 28.5 Å². The largest absolute Gasteiger partial charge is 0.504 e. The van der Waals surface area contributed by atoms with E-state index in [0.29, 0.717) is 27.2 Å². The van der Waals surface area contributed by atoms with Gasteiger partial charge in [0.05, 0.1) is 38.9 Å². The SMILES string of the molecule is COc1ccc(OC)c(C=Cc2ccc(N3C(=O)C4CC=C5C(CC6(Cl)C(=O)N(C)C(=O)C6(Cl)C5c5cc(Br)cc(OC)c5O)C4C3=O)cc2)c1. The second-order valence-corrected chi connectivity index (χ2v) is 15.2. The third kappa shape index (κ3) is 5.10. The number of benzene rings is 3. The number of imide groups is 2. The molecule has 3 fully saturated rings. The van der Waals surface area contributed by atoms with Crippen molar-refractivity contribution in [2.75, 3.05) is 33.3 Å². The van der Waals surface area contributed by atoms with Gasteiger partial charge in [-0.25, -0.2) is 0 Å². The van der Waals surface area contributed by atoms with E-state index in [2.05, 4.69) is 15.9 Å². The topological polar surface area (TPSA) is 123 Å². The molecule has 10 nitrogen and oxygen atoms in total. The highest BCUT2D eigenvalue weighted by molar-refractivity contribution is 9.10. The highest BCUT2D eigenvalue weighted by Gasteiger charge is 2.76. The van der Waals surface area contributed by atoms with E-state index >= 15 is 0 Å². The summed E-state index contributed by atoms with van der Waals surface area (Å²) in [5, 5.41) is 11.4. The Hall–Kier alpha value is -4.32. The Kier molecular flexibility index (Phi) is 8.75. The normalized spacial score (nSPS) is 28.5. The van der Waals surface area contributed by atoms with Crippen molar-refractivity contribution in [3.63, 3.8) is 0 Å². The minimum atomic E-state index is -2.04. The van der Waals surface area contributed by atoms with Gasteiger partial charge in [0.2, 0.25) is 11.8 Å². The van der Waals surface area contributed by atoms with Crippen molar-refractivity contribution < 1.29 is 38.5 Å². The standard InChI is InChI=1S/C38H33BrCl2N2O8/c1-42-35(47)37(40)18-27-24(31(38(37,41)36(42)48)26-16-21(39)17-29(51-4)32(26)44)12-13-25-30(27)34(46)43(33(25)45)22-9-6-19(7-10-22)5-8-20-15-23(49-2)11-14-28(20)50-3/h5-12,14-17,25,27,30-31,44H,13,18H2,1-4H3. The van der Waals surface area contributed by atoms with Gasteiger partial charge < -0.3 is 19.3 Å². The smallest absolute Gasteiger partial charge is 0.253 e. The van der Waals surface area contributed by atoms with Gasteiger partial charge in [0.25, 0.3) is 11.8 Å². The second kappa shape index (κ2) is 12.7. The molecule has 51 heavy (non-hydrogen) atoms. The summed E-state index contributed by atoms with van der Waals surface area (Å²) in [5.41, 5.74) is 2.80. The minimum Gasteiger partial charge on any atom is -0.504 e. The molecule has 6 unspecified atom stereocenters. The number of likely N-dealkylation sites (tertiary alicyclic amines) is 1. The van der Waals surface area contributed by atoms with Crippen molar-refractivity contribution in [1.29, 1.82) is 0 Å². The Balaban J connectivity index is 1.25. The zero-order valence-corrected chi connectivity index (χ0v) is 31.1. The number of anilines is 1. The van der Waals surface area contributed by atoms with Crippen molar-refractivity contribution >= 4 is 80.6 Å². The van der Waals surface area contributed by atoms with E-state index < -0.39 is 51.1 Å². The summed E-state index contributed by atoms with van der Waals surface area (Å²) in [5.74, 6) is -4.54. The van der Waals surface area contributed by atoms with Gasteiger partial charge in [-0.1, -0.05) is 51.9 Å². The number of fused-ring (bicyclic) bond motifs is 4. The number of alkyl halides is 2. The molecule has 4 aliphatic rings. The molecule has 2 heterocycles. The Labute approximate surface area is 312 Å². The molecule has 3 aromatic rings. The van der Waals surface area contributed by atoms with E-state index in [0.717, 1.165) is 16.0 Å². The lowest BCUT2D eigenvalue weighted by atomic mass is 9.56. The Morgan fingerprint density at radius 1 is 0.863 bits per heavy atom. The third-order valence-electron chi connectivity index (χ3n) is 10.7. The molecule has 1 saturated carbocycles. The summed E-state index contributed by atoms with van der Waals surface area (Å²) >= 11 is 18.0. The first-order valence-electron chi connectivity index (χ1n) is 16.1. The van der Waals surface area contributed by atoms with Gasteiger partial charge in [-0.3, -0.25) is 29.0 Å². The molecule has 6 atom stereocenters. The fourth-order valence-electron chi connectivity index (χ4n) is 8.20. The summed E-state index contributed by atoms with van der Waals surface area (Å²) in [6.07, 6.45) is 5.60. The van der Waals surface area contributed by atoms with Crippen molar-refractivity contribution in [3.8, 4) is 23.0 Å². The molecule has 0 bridgehead atoms. The first-order valence-corrected chi connectivity index (χ1v) is 17.7. The van der Waals surface area contributed by atoms with Gasteiger partial charge in [0, 0.05) is 28.6 Å². The lowest BCUT2D eigenvalue weighted by molar-refractivity contribution is -0.138. The number of ether oxygens (including phenoxy) is 3. The molecule has 2 aliphatic carbocycles. The first-order chi connectivity index (χ1) is 24.3. The third-order valence-corrected chi connectivity index (χ3v) is 12.5. The maximum atomic E-state index is 14.4. The van der Waals surface area contributed by atoms with Gasteiger partial charge in [-0.2, -0.15) is 0 Å². The molecule has 7 rings (SSSR count). The van der Waals surface area contributed by atoms with Crippen LogP contribution in [0.4, 0.5) is 5.69 Å². The number of rotatable bonds is 7. The summed E-state index contributed by atoms with van der Waals surface area (Å²) in [7, 11) is 5.88. The van der Waals surface area contributed by atoms with E-state index in [1.54, 1.807) is 50.6 Å². The summed E-state index contributed by atoms with van der Waals surface area (Å²) in [6.45, 7) is 0. The Bertz CT molecular complexity index is 2070. The summed E-state index contributed by atoms with van der Waals surface area (Å²) in [6, 6.07) is 15.7. The number of allylic oxidation sites excluding steroid dienone is 2. The highest BCUT2D eigenvalue weighted by Crippen LogP contribution is 2.66. The van der Waals surface area contributed by atoms with Crippen LogP contribution in [0.1, 0.15) is 35.4 Å². The fraction of sp³-hybridized carbons (Fsp3) is 0.316. The summed E-state index contributed by atoms with van der Waals surface area (Å²) < 4.78 is 16.7. The monoisotopic (exact) mass is 794 g/mol. The van der Waals surface area contributed by atoms with Crippen LogP contribution in [-0.2, 0) is 19.2 Å². The molecular formula is C38H33BrCl2N2O8. The van der Waals surface area contributed by atoms with Crippen LogP contribution in [0, 0.1) is 17.8 Å². The second-order valence-electron chi connectivity index (χ2n) is 13.1. The van der Waals surface area contributed by atoms with Crippen LogP contribution in [0.25, 0.3) is 12.2 Å². The minimum absolute atomic E-state index is 0.112. The van der Waals surface area contributed by atoms with Crippen LogP contribution in [0.15, 0.2) is 70.7 Å². The Morgan fingerprint density at radius 2 is 1.57 bits per heavy atom. The molecule has 3 aromatic carbocycles. The molecule has 264 valence electrons. The number of aromatic hydroxyl groups is 1. The van der Waals surface area contributed by atoms with Gasteiger partial charge in [0.1, 0.15) is 11.5 Å². The zero-order valence-electron chi connectivity index (χ0n) is 28.0. The number of carbonyl (C=O) groups is 4. The van der Waals surface area contributed by atoms with Gasteiger partial charge in [-0.05, 0) is 66.8 Å². The van der Waals surface area contributed by atoms with Gasteiger partial charge in [0.15, 0.2) is 21.2 Å². The van der Waals surface area contributed by atoms with E-state index in [9.17, 15) is 24.3 Å². The molecule has 13 heteroatoms. The number of phenols is 1. The average molecular weight is 796 g/mol. The van der Waals surface area contributed by atoms with Crippen LogP contribution in [0.2, 0.25) is 0 Å². The van der Waals surface area contributed by atoms with Crippen molar-refractivity contribution in [2.24, 2.45) is 17.8 Å². The van der Waals surface area contributed by atoms with Crippen molar-refractivity contribution in [3.05, 3.63) is 87.4 Å². The average Bonchev–Trinajstić information content (AvgIpc) is 3.46.